The quantitative estimate of drug-likeness (QED) is 0.878. The molecule has 0 aliphatic rings. The Morgan fingerprint density at radius 1 is 1.64 bits per heavy atom. The van der Waals surface area contributed by atoms with Gasteiger partial charge in [0.2, 0.25) is 0 Å². The maximum absolute atomic E-state index is 10.7. The molecule has 0 unspecified atom stereocenters. The lowest BCUT2D eigenvalue weighted by atomic mass is 10.1. The maximum atomic E-state index is 10.7. The number of benzene rings is 1. The lowest BCUT2D eigenvalue weighted by Gasteiger charge is -2.07. The first-order valence-electron chi connectivity index (χ1n) is 3.61. The molecule has 1 aromatic rings. The molecule has 0 fully saturated rings. The molecule has 0 aromatic heterocycles. The molecular weight excluding hydrogens is 250 g/mol. The first kappa shape index (κ1) is 10.5. The number of hydrogen-bond donors (Lipinski definition) is 1. The molecule has 0 bridgehead atoms. The van der Waals surface area contributed by atoms with Gasteiger partial charge in [0, 0.05) is 0 Å². The average Bonchev–Trinajstić information content (AvgIpc) is 2.16. The largest absolute Gasteiger partial charge is 0.494 e. The van der Waals surface area contributed by atoms with Crippen molar-refractivity contribution in [1.82, 2.24) is 0 Å². The molecule has 72 valence electrons. The fourth-order valence-corrected chi connectivity index (χ4v) is 1.54. The maximum Gasteiger partial charge on any atom is 0.337 e. The Morgan fingerprint density at radius 3 is 2.71 bits per heavy atom. The van der Waals surface area contributed by atoms with Crippen molar-refractivity contribution in [3.8, 4) is 11.8 Å². The number of ether oxygens (including phenoxy) is 1. The van der Waals surface area contributed by atoms with Crippen molar-refractivity contribution in [2.45, 2.75) is 0 Å². The molecule has 0 aliphatic carbocycles. The van der Waals surface area contributed by atoms with Gasteiger partial charge in [-0.3, -0.25) is 0 Å². The van der Waals surface area contributed by atoms with Gasteiger partial charge in [-0.25, -0.2) is 4.79 Å². The van der Waals surface area contributed by atoms with Crippen LogP contribution in [0.2, 0.25) is 0 Å². The number of nitrogens with zero attached hydrogens (tertiary/aromatic N) is 1. The van der Waals surface area contributed by atoms with Crippen molar-refractivity contribution in [2.24, 2.45) is 0 Å². The highest BCUT2D eigenvalue weighted by Gasteiger charge is 2.16. The van der Waals surface area contributed by atoms with Crippen molar-refractivity contribution < 1.29 is 14.6 Å². The summed E-state index contributed by atoms with van der Waals surface area (Å²) in [6, 6.07) is 4.69. The van der Waals surface area contributed by atoms with E-state index in [1.54, 1.807) is 6.07 Å². The summed E-state index contributed by atoms with van der Waals surface area (Å²) < 4.78 is 5.48. The fraction of sp³-hybridized carbons (Fsp3) is 0.111. The van der Waals surface area contributed by atoms with E-state index in [0.29, 0.717) is 4.47 Å². The van der Waals surface area contributed by atoms with Crippen LogP contribution in [-0.2, 0) is 0 Å². The summed E-state index contributed by atoms with van der Waals surface area (Å²) in [4.78, 5) is 10.7. The Labute approximate surface area is 88.9 Å². The summed E-state index contributed by atoms with van der Waals surface area (Å²) in [5, 5.41) is 17.6. The second-order valence-corrected chi connectivity index (χ2v) is 3.27. The van der Waals surface area contributed by atoms with Crippen LogP contribution in [0.25, 0.3) is 0 Å². The van der Waals surface area contributed by atoms with Crippen LogP contribution in [0.5, 0.6) is 5.75 Å². The zero-order valence-electron chi connectivity index (χ0n) is 7.24. The zero-order valence-corrected chi connectivity index (χ0v) is 8.83. The van der Waals surface area contributed by atoms with Gasteiger partial charge in [-0.1, -0.05) is 0 Å². The highest BCUT2D eigenvalue weighted by molar-refractivity contribution is 9.10. The van der Waals surface area contributed by atoms with Crippen molar-refractivity contribution in [2.75, 3.05) is 7.11 Å². The van der Waals surface area contributed by atoms with Gasteiger partial charge in [-0.2, -0.15) is 5.26 Å². The van der Waals surface area contributed by atoms with Gasteiger partial charge < -0.3 is 9.84 Å². The molecule has 0 radical (unpaired) electrons. The number of aromatic carboxylic acids is 1. The van der Waals surface area contributed by atoms with Gasteiger partial charge >= 0.3 is 5.97 Å². The third kappa shape index (κ3) is 1.70. The molecule has 1 rings (SSSR count). The molecule has 1 N–H and O–H groups in total. The van der Waals surface area contributed by atoms with Crippen molar-refractivity contribution in [1.29, 1.82) is 5.26 Å². The van der Waals surface area contributed by atoms with Crippen LogP contribution in [0, 0.1) is 11.3 Å². The molecule has 0 heterocycles. The van der Waals surface area contributed by atoms with Gasteiger partial charge in [0.05, 0.1) is 17.1 Å². The first-order valence-corrected chi connectivity index (χ1v) is 4.41. The summed E-state index contributed by atoms with van der Waals surface area (Å²) >= 11 is 3.16. The molecule has 4 nitrogen and oxygen atoms in total. The second-order valence-electron chi connectivity index (χ2n) is 2.42. The van der Waals surface area contributed by atoms with Gasteiger partial charge in [-0.05, 0) is 28.1 Å². The lowest BCUT2D eigenvalue weighted by Crippen LogP contribution is -2.02. The molecular formula is C9H6BrNO3. The van der Waals surface area contributed by atoms with E-state index in [-0.39, 0.29) is 16.9 Å². The molecule has 0 saturated carbocycles. The van der Waals surface area contributed by atoms with Crippen LogP contribution >= 0.6 is 15.9 Å². The summed E-state index contributed by atoms with van der Waals surface area (Å²) in [5.74, 6) is -0.903. The van der Waals surface area contributed by atoms with E-state index in [1.165, 1.54) is 19.2 Å². The molecule has 0 amide bonds. The van der Waals surface area contributed by atoms with Crippen LogP contribution in [0.3, 0.4) is 0 Å². The molecule has 0 aliphatic heterocycles. The molecule has 5 heteroatoms. The topological polar surface area (TPSA) is 70.3 Å². The van der Waals surface area contributed by atoms with E-state index in [0.717, 1.165) is 0 Å². The smallest absolute Gasteiger partial charge is 0.337 e. The standard InChI is InChI=1S/C9H6BrNO3/c1-14-8-6(4-11)5(9(12)13)2-3-7(8)10/h2-3H,1H3,(H,12,13). The number of nitriles is 1. The van der Waals surface area contributed by atoms with Crippen LogP contribution in [0.1, 0.15) is 15.9 Å². The van der Waals surface area contributed by atoms with Crippen molar-refractivity contribution in [3.63, 3.8) is 0 Å². The number of rotatable bonds is 2. The SMILES string of the molecule is COc1c(Br)ccc(C(=O)O)c1C#N. The number of halogens is 1. The number of hydrogen-bond acceptors (Lipinski definition) is 3. The van der Waals surface area contributed by atoms with E-state index in [2.05, 4.69) is 15.9 Å². The van der Waals surface area contributed by atoms with Crippen molar-refractivity contribution >= 4 is 21.9 Å². The Balaban J connectivity index is 3.50. The predicted octanol–water partition coefficient (Wildman–Crippen LogP) is 2.03. The Bertz CT molecular complexity index is 423. The van der Waals surface area contributed by atoms with Gasteiger partial charge in [-0.15, -0.1) is 0 Å². The predicted molar refractivity (Wildman–Crippen MR) is 52.4 cm³/mol. The van der Waals surface area contributed by atoms with Crippen LogP contribution in [-0.4, -0.2) is 18.2 Å². The molecule has 0 atom stereocenters. The highest BCUT2D eigenvalue weighted by Crippen LogP contribution is 2.30. The highest BCUT2D eigenvalue weighted by atomic mass is 79.9. The normalized spacial score (nSPS) is 9.21. The number of carbonyl (C=O) groups is 1. The summed E-state index contributed by atoms with van der Waals surface area (Å²) in [6.45, 7) is 0. The van der Waals surface area contributed by atoms with E-state index in [9.17, 15) is 4.79 Å². The average molecular weight is 256 g/mol. The number of carboxylic acids is 1. The van der Waals surface area contributed by atoms with Gasteiger partial charge in [0.25, 0.3) is 0 Å². The Morgan fingerprint density at radius 2 is 2.29 bits per heavy atom. The molecule has 14 heavy (non-hydrogen) atoms. The minimum Gasteiger partial charge on any atom is -0.494 e. The summed E-state index contributed by atoms with van der Waals surface area (Å²) in [6.07, 6.45) is 0. The Hall–Kier alpha value is -1.54. The van der Waals surface area contributed by atoms with Crippen LogP contribution in [0.4, 0.5) is 0 Å². The van der Waals surface area contributed by atoms with E-state index >= 15 is 0 Å². The van der Waals surface area contributed by atoms with E-state index in [1.807, 2.05) is 0 Å². The zero-order chi connectivity index (χ0) is 10.7. The van der Waals surface area contributed by atoms with Gasteiger partial charge in [0.15, 0.2) is 5.75 Å². The fourth-order valence-electron chi connectivity index (χ4n) is 1.05. The minimum atomic E-state index is -1.15. The first-order chi connectivity index (χ1) is 6.61. The van der Waals surface area contributed by atoms with E-state index < -0.39 is 5.97 Å². The summed E-state index contributed by atoms with van der Waals surface area (Å²) in [7, 11) is 1.38. The second kappa shape index (κ2) is 4.11. The van der Waals surface area contributed by atoms with Crippen LogP contribution < -0.4 is 4.74 Å². The van der Waals surface area contributed by atoms with Crippen molar-refractivity contribution in [3.05, 3.63) is 27.7 Å². The third-order valence-electron chi connectivity index (χ3n) is 1.66. The molecule has 0 saturated heterocycles. The lowest BCUT2D eigenvalue weighted by molar-refractivity contribution is 0.0696. The monoisotopic (exact) mass is 255 g/mol. The minimum absolute atomic E-state index is 0.0226. The Kier molecular flexibility index (Phi) is 3.10. The van der Waals surface area contributed by atoms with Gasteiger partial charge in [0.1, 0.15) is 11.6 Å². The molecule has 0 spiro atoms. The van der Waals surface area contributed by atoms with Crippen LogP contribution in [0.15, 0.2) is 16.6 Å². The number of methoxy groups -OCH3 is 1. The number of carboxylic acid groups (broad SMARTS) is 1. The third-order valence-corrected chi connectivity index (χ3v) is 2.28. The summed E-state index contributed by atoms with van der Waals surface area (Å²) in [5.41, 5.74) is -0.0399. The van der Waals surface area contributed by atoms with E-state index in [4.69, 9.17) is 15.1 Å². The molecule has 1 aromatic carbocycles.